The molecule has 0 atom stereocenters. The maximum atomic E-state index is 13.7. The summed E-state index contributed by atoms with van der Waals surface area (Å²) in [5.74, 6) is -0.658. The Labute approximate surface area is 190 Å². The molecule has 0 spiro atoms. The highest BCUT2D eigenvalue weighted by Crippen LogP contribution is 2.43. The first-order valence-corrected chi connectivity index (χ1v) is 10.5. The molecule has 5 nitrogen and oxygen atoms in total. The second-order valence-corrected chi connectivity index (χ2v) is 7.64. The first kappa shape index (κ1) is 20.4. The van der Waals surface area contributed by atoms with Crippen LogP contribution in [-0.4, -0.2) is 24.6 Å². The summed E-state index contributed by atoms with van der Waals surface area (Å²) in [5, 5.41) is 2.93. The summed E-state index contributed by atoms with van der Waals surface area (Å²) in [6, 6.07) is 26.4. The Morgan fingerprint density at radius 3 is 1.85 bits per heavy atom. The molecule has 0 aromatic heterocycles. The number of anilines is 1. The van der Waals surface area contributed by atoms with Gasteiger partial charge in [0.25, 0.3) is 5.91 Å². The van der Waals surface area contributed by atoms with Crippen molar-refractivity contribution in [3.63, 3.8) is 0 Å². The number of methoxy groups -OCH3 is 1. The lowest BCUT2D eigenvalue weighted by atomic mass is 9.79. The zero-order chi connectivity index (χ0) is 22.9. The van der Waals surface area contributed by atoms with Crippen LogP contribution in [0.2, 0.25) is 0 Å². The molecule has 5 heteroatoms. The molecule has 0 heterocycles. The van der Waals surface area contributed by atoms with Gasteiger partial charge in [-0.25, -0.2) is 0 Å². The molecular formula is C28H19NO4. The van der Waals surface area contributed by atoms with Crippen LogP contribution in [0.1, 0.15) is 42.2 Å². The van der Waals surface area contributed by atoms with E-state index in [1.54, 1.807) is 54.6 Å². The standard InChI is InChI=1S/C28H19NO4/c1-33-22-16-21(29-28(32)18-12-6-3-7-13-18)23(17-10-4-2-5-11-17)25-24(22)26(30)19-14-8-9-15-20(19)27(25)31/h2-16H,1H3,(H,29,32). The third-order valence-electron chi connectivity index (χ3n) is 5.73. The molecule has 0 unspecified atom stereocenters. The zero-order valence-corrected chi connectivity index (χ0v) is 17.8. The van der Waals surface area contributed by atoms with Crippen LogP contribution < -0.4 is 10.1 Å². The molecule has 5 rings (SSSR count). The van der Waals surface area contributed by atoms with Gasteiger partial charge in [0, 0.05) is 33.9 Å². The highest BCUT2D eigenvalue weighted by atomic mass is 16.5. The number of ether oxygens (including phenoxy) is 1. The monoisotopic (exact) mass is 433 g/mol. The van der Waals surface area contributed by atoms with Crippen LogP contribution in [0.3, 0.4) is 0 Å². The molecule has 0 saturated carbocycles. The Hall–Kier alpha value is -4.51. The van der Waals surface area contributed by atoms with Crippen LogP contribution in [0.5, 0.6) is 5.75 Å². The molecule has 33 heavy (non-hydrogen) atoms. The number of rotatable bonds is 4. The fraction of sp³-hybridized carbons (Fsp3) is 0.0357. The van der Waals surface area contributed by atoms with E-state index >= 15 is 0 Å². The minimum Gasteiger partial charge on any atom is -0.496 e. The van der Waals surface area contributed by atoms with Crippen LogP contribution in [0.25, 0.3) is 11.1 Å². The van der Waals surface area contributed by atoms with Gasteiger partial charge in [-0.15, -0.1) is 0 Å². The molecule has 1 N–H and O–H groups in total. The molecule has 0 fully saturated rings. The van der Waals surface area contributed by atoms with Crippen molar-refractivity contribution in [2.45, 2.75) is 0 Å². The topological polar surface area (TPSA) is 72.5 Å². The first-order valence-electron chi connectivity index (χ1n) is 10.5. The second-order valence-electron chi connectivity index (χ2n) is 7.64. The number of ketones is 2. The van der Waals surface area contributed by atoms with Gasteiger partial charge in [0.1, 0.15) is 5.75 Å². The average molecular weight is 433 g/mol. The van der Waals surface area contributed by atoms with Crippen molar-refractivity contribution in [1.29, 1.82) is 0 Å². The number of fused-ring (bicyclic) bond motifs is 2. The zero-order valence-electron chi connectivity index (χ0n) is 17.8. The van der Waals surface area contributed by atoms with E-state index in [0.29, 0.717) is 33.5 Å². The fourth-order valence-corrected chi connectivity index (χ4v) is 4.21. The summed E-state index contributed by atoms with van der Waals surface area (Å²) in [7, 11) is 1.44. The van der Waals surface area contributed by atoms with E-state index in [1.807, 2.05) is 36.4 Å². The van der Waals surface area contributed by atoms with Gasteiger partial charge in [-0.05, 0) is 17.7 Å². The largest absolute Gasteiger partial charge is 0.496 e. The third kappa shape index (κ3) is 3.40. The van der Waals surface area contributed by atoms with Gasteiger partial charge in [0.05, 0.1) is 18.4 Å². The van der Waals surface area contributed by atoms with Crippen LogP contribution in [0.4, 0.5) is 5.69 Å². The van der Waals surface area contributed by atoms with Gasteiger partial charge in [-0.1, -0.05) is 72.8 Å². The summed E-state index contributed by atoms with van der Waals surface area (Å²) < 4.78 is 5.54. The van der Waals surface area contributed by atoms with E-state index in [2.05, 4.69) is 5.32 Å². The quantitative estimate of drug-likeness (QED) is 0.412. The Morgan fingerprint density at radius 2 is 1.24 bits per heavy atom. The SMILES string of the molecule is COc1cc(NC(=O)c2ccccc2)c(-c2ccccc2)c2c1C(=O)c1ccccc1C2=O. The lowest BCUT2D eigenvalue weighted by Gasteiger charge is -2.25. The van der Waals surface area contributed by atoms with Gasteiger partial charge < -0.3 is 10.1 Å². The molecule has 1 aliphatic rings. The summed E-state index contributed by atoms with van der Waals surface area (Å²) in [6.45, 7) is 0. The van der Waals surface area contributed by atoms with Crippen LogP contribution in [0, 0.1) is 0 Å². The molecule has 0 bridgehead atoms. The normalized spacial score (nSPS) is 12.0. The average Bonchev–Trinajstić information content (AvgIpc) is 2.87. The van der Waals surface area contributed by atoms with E-state index in [1.165, 1.54) is 7.11 Å². The van der Waals surface area contributed by atoms with E-state index in [-0.39, 0.29) is 34.4 Å². The molecule has 0 radical (unpaired) electrons. The van der Waals surface area contributed by atoms with E-state index in [9.17, 15) is 14.4 Å². The molecule has 0 aliphatic heterocycles. The highest BCUT2D eigenvalue weighted by Gasteiger charge is 2.36. The lowest BCUT2D eigenvalue weighted by molar-refractivity contribution is 0.0977. The van der Waals surface area contributed by atoms with Crippen molar-refractivity contribution < 1.29 is 19.1 Å². The van der Waals surface area contributed by atoms with Crippen LogP contribution >= 0.6 is 0 Å². The third-order valence-corrected chi connectivity index (χ3v) is 5.73. The fourth-order valence-electron chi connectivity index (χ4n) is 4.21. The Morgan fingerprint density at radius 1 is 0.697 bits per heavy atom. The summed E-state index contributed by atoms with van der Waals surface area (Å²) in [6.07, 6.45) is 0. The number of benzene rings is 4. The van der Waals surface area contributed by atoms with Crippen molar-refractivity contribution in [1.82, 2.24) is 0 Å². The molecule has 4 aromatic rings. The predicted molar refractivity (Wildman–Crippen MR) is 126 cm³/mol. The molecule has 0 saturated heterocycles. The van der Waals surface area contributed by atoms with Gasteiger partial charge in [-0.3, -0.25) is 14.4 Å². The maximum Gasteiger partial charge on any atom is 0.255 e. The second kappa shape index (κ2) is 8.20. The maximum absolute atomic E-state index is 13.7. The van der Waals surface area contributed by atoms with Crippen LogP contribution in [0.15, 0.2) is 91.0 Å². The number of hydrogen-bond acceptors (Lipinski definition) is 4. The minimum atomic E-state index is -0.329. The first-order chi connectivity index (χ1) is 16.1. The van der Waals surface area contributed by atoms with Crippen LogP contribution in [-0.2, 0) is 0 Å². The van der Waals surface area contributed by atoms with Crippen molar-refractivity contribution in [3.05, 3.63) is 119 Å². The predicted octanol–water partition coefficient (Wildman–Crippen LogP) is 5.39. The summed E-state index contributed by atoms with van der Waals surface area (Å²) in [5.41, 5.74) is 3.18. The van der Waals surface area contributed by atoms with E-state index in [4.69, 9.17) is 4.74 Å². The Bertz CT molecular complexity index is 1410. The van der Waals surface area contributed by atoms with Gasteiger partial charge >= 0.3 is 0 Å². The molecule has 1 aliphatic carbocycles. The van der Waals surface area contributed by atoms with Gasteiger partial charge in [-0.2, -0.15) is 0 Å². The minimum absolute atomic E-state index is 0.206. The van der Waals surface area contributed by atoms with Crippen molar-refractivity contribution >= 4 is 23.2 Å². The summed E-state index contributed by atoms with van der Waals surface area (Å²) >= 11 is 0. The number of nitrogens with one attached hydrogen (secondary N) is 1. The van der Waals surface area contributed by atoms with Crippen molar-refractivity contribution in [2.75, 3.05) is 12.4 Å². The smallest absolute Gasteiger partial charge is 0.255 e. The molecule has 160 valence electrons. The number of carbonyl (C=O) groups excluding carboxylic acids is 3. The lowest BCUT2D eigenvalue weighted by Crippen LogP contribution is -2.24. The summed E-state index contributed by atoms with van der Waals surface area (Å²) in [4.78, 5) is 40.2. The highest BCUT2D eigenvalue weighted by molar-refractivity contribution is 6.32. The number of hydrogen-bond donors (Lipinski definition) is 1. The van der Waals surface area contributed by atoms with E-state index in [0.717, 1.165) is 0 Å². The Kier molecular flexibility index (Phi) is 5.07. The number of amides is 1. The molecule has 1 amide bonds. The van der Waals surface area contributed by atoms with Gasteiger partial charge in [0.2, 0.25) is 0 Å². The molecular weight excluding hydrogens is 414 g/mol. The number of carbonyl (C=O) groups is 3. The van der Waals surface area contributed by atoms with Crippen molar-refractivity contribution in [3.8, 4) is 16.9 Å². The molecule has 4 aromatic carbocycles. The van der Waals surface area contributed by atoms with E-state index < -0.39 is 0 Å². The Balaban J connectivity index is 1.78. The van der Waals surface area contributed by atoms with Gasteiger partial charge in [0.15, 0.2) is 11.6 Å². The van der Waals surface area contributed by atoms with Crippen molar-refractivity contribution in [2.24, 2.45) is 0 Å².